The number of nitrogens with zero attached hydrogens (tertiary/aromatic N) is 2. The number of hydrogen-bond donors (Lipinski definition) is 0. The van der Waals surface area contributed by atoms with Gasteiger partial charge in [-0.15, -0.1) is 13.2 Å². The molecular weight excluding hydrogens is 468 g/mol. The van der Waals surface area contributed by atoms with Crippen LogP contribution < -0.4 is 0 Å². The summed E-state index contributed by atoms with van der Waals surface area (Å²) in [6, 6.07) is 4.12. The van der Waals surface area contributed by atoms with Gasteiger partial charge in [0.25, 0.3) is 0 Å². The Kier molecular flexibility index (Phi) is 10.2. The molecule has 0 unspecified atom stereocenters. The molecule has 7 heteroatoms. The van der Waals surface area contributed by atoms with Gasteiger partial charge in [0, 0.05) is 59.2 Å². The number of hydrogen-bond acceptors (Lipinski definition) is 6. The van der Waals surface area contributed by atoms with Crippen molar-refractivity contribution in [3.8, 4) is 0 Å². The van der Waals surface area contributed by atoms with E-state index in [-0.39, 0.29) is 29.0 Å². The highest BCUT2D eigenvalue weighted by molar-refractivity contribution is 6.10. The molecule has 3 fully saturated rings. The summed E-state index contributed by atoms with van der Waals surface area (Å²) in [4.78, 5) is 47.2. The van der Waals surface area contributed by atoms with Crippen molar-refractivity contribution in [1.82, 2.24) is 9.96 Å². The fraction of sp³-hybridized carbons (Fsp3) is 0.633. The Labute approximate surface area is 222 Å². The number of Topliss-reactive ketones (excluding diaryl/α,β-unsaturated/α-hetero) is 2. The van der Waals surface area contributed by atoms with E-state index in [0.29, 0.717) is 51.7 Å². The van der Waals surface area contributed by atoms with Crippen molar-refractivity contribution in [3.63, 3.8) is 0 Å². The Hall–Kier alpha value is -2.35. The Morgan fingerprint density at radius 3 is 2.14 bits per heavy atom. The van der Waals surface area contributed by atoms with E-state index >= 15 is 0 Å². The van der Waals surface area contributed by atoms with Crippen LogP contribution in [0.3, 0.4) is 0 Å². The third-order valence-corrected chi connectivity index (χ3v) is 8.08. The molecule has 0 bridgehead atoms. The molecule has 2 heterocycles. The summed E-state index contributed by atoms with van der Waals surface area (Å²) in [6.07, 6.45) is 4.61. The smallest absolute Gasteiger partial charge is 0.223 e. The highest BCUT2D eigenvalue weighted by Crippen LogP contribution is 2.46. The van der Waals surface area contributed by atoms with Crippen molar-refractivity contribution < 1.29 is 24.0 Å². The van der Waals surface area contributed by atoms with Crippen molar-refractivity contribution in [2.24, 2.45) is 5.41 Å². The van der Waals surface area contributed by atoms with E-state index in [2.05, 4.69) is 25.3 Å². The first-order valence-electron chi connectivity index (χ1n) is 13.5. The predicted octanol–water partition coefficient (Wildman–Crippen LogP) is 4.47. The van der Waals surface area contributed by atoms with Crippen LogP contribution in [0.4, 0.5) is 0 Å². The fourth-order valence-electron chi connectivity index (χ4n) is 6.24. The van der Waals surface area contributed by atoms with E-state index in [1.165, 1.54) is 0 Å². The summed E-state index contributed by atoms with van der Waals surface area (Å²) in [5.41, 5.74) is 3.80. The zero-order valence-electron chi connectivity index (χ0n) is 23.1. The average molecular weight is 513 g/mol. The Morgan fingerprint density at radius 1 is 1.05 bits per heavy atom. The van der Waals surface area contributed by atoms with Crippen LogP contribution in [0, 0.1) is 26.2 Å². The van der Waals surface area contributed by atoms with Crippen molar-refractivity contribution in [2.75, 3.05) is 39.9 Å². The van der Waals surface area contributed by atoms with Crippen LogP contribution in [0.1, 0.15) is 73.1 Å². The van der Waals surface area contributed by atoms with Crippen LogP contribution in [-0.2, 0) is 24.0 Å². The van der Waals surface area contributed by atoms with Crippen molar-refractivity contribution in [2.45, 2.75) is 77.7 Å². The second-order valence-electron chi connectivity index (χ2n) is 10.9. The third kappa shape index (κ3) is 7.15. The molecule has 204 valence electrons. The second kappa shape index (κ2) is 12.9. The van der Waals surface area contributed by atoms with Crippen molar-refractivity contribution in [1.29, 1.82) is 0 Å². The summed E-state index contributed by atoms with van der Waals surface area (Å²) < 4.78 is 5.36. The van der Waals surface area contributed by atoms with E-state index in [1.807, 2.05) is 32.7 Å². The van der Waals surface area contributed by atoms with E-state index in [1.54, 1.807) is 5.06 Å². The number of piperidine rings is 1. The standard InChI is InChI=1S/C28H40N2O5.C2H4/c1-19-15-20(2)26(21(3)16-19)27-23(31)17-28(18-24(27)32)8-11-30(12-9-28)25(33)5-10-29(4)35-22-6-13-34-14-7-22;1-2/h15-16,22,27H,5-14,17-18H2,1-4H3;1-2H2. The molecule has 37 heavy (non-hydrogen) atoms. The molecule has 1 spiro atoms. The summed E-state index contributed by atoms with van der Waals surface area (Å²) in [7, 11) is 1.88. The number of carbonyl (C=O) groups is 3. The predicted molar refractivity (Wildman–Crippen MR) is 144 cm³/mol. The minimum absolute atomic E-state index is 0.0444. The summed E-state index contributed by atoms with van der Waals surface area (Å²) in [5.74, 6) is -0.433. The molecule has 1 aromatic carbocycles. The number of ether oxygens (including phenoxy) is 1. The lowest BCUT2D eigenvalue weighted by molar-refractivity contribution is -0.201. The van der Waals surface area contributed by atoms with Gasteiger partial charge >= 0.3 is 0 Å². The zero-order chi connectivity index (χ0) is 27.2. The van der Waals surface area contributed by atoms with Gasteiger partial charge in [-0.1, -0.05) is 17.7 Å². The van der Waals surface area contributed by atoms with Gasteiger partial charge in [0.05, 0.1) is 6.10 Å². The number of likely N-dealkylation sites (tertiary alicyclic amines) is 1. The molecule has 0 atom stereocenters. The fourth-order valence-corrected chi connectivity index (χ4v) is 6.24. The summed E-state index contributed by atoms with van der Waals surface area (Å²) >= 11 is 0. The molecule has 0 radical (unpaired) electrons. The molecular formula is C30H44N2O5. The van der Waals surface area contributed by atoms with Gasteiger partial charge in [0.15, 0.2) is 0 Å². The van der Waals surface area contributed by atoms with Gasteiger partial charge in [-0.25, -0.2) is 0 Å². The van der Waals surface area contributed by atoms with E-state index < -0.39 is 5.92 Å². The molecule has 7 nitrogen and oxygen atoms in total. The van der Waals surface area contributed by atoms with Crippen LogP contribution >= 0.6 is 0 Å². The van der Waals surface area contributed by atoms with Gasteiger partial charge in [0.2, 0.25) is 5.91 Å². The second-order valence-corrected chi connectivity index (χ2v) is 10.9. The van der Waals surface area contributed by atoms with Crippen LogP contribution in [0.15, 0.2) is 25.3 Å². The van der Waals surface area contributed by atoms with Crippen molar-refractivity contribution in [3.05, 3.63) is 47.5 Å². The first-order valence-corrected chi connectivity index (χ1v) is 13.5. The summed E-state index contributed by atoms with van der Waals surface area (Å²) in [5, 5.41) is 1.77. The highest BCUT2D eigenvalue weighted by Gasteiger charge is 2.47. The average Bonchev–Trinajstić information content (AvgIpc) is 2.86. The summed E-state index contributed by atoms with van der Waals surface area (Å²) in [6.45, 7) is 15.2. The largest absolute Gasteiger partial charge is 0.381 e. The first-order chi connectivity index (χ1) is 17.7. The van der Waals surface area contributed by atoms with Gasteiger partial charge in [-0.2, -0.15) is 5.06 Å². The van der Waals surface area contributed by atoms with Gasteiger partial charge < -0.3 is 9.64 Å². The number of ketones is 2. The van der Waals surface area contributed by atoms with Gasteiger partial charge in [-0.3, -0.25) is 19.2 Å². The molecule has 2 aliphatic heterocycles. The highest BCUT2D eigenvalue weighted by atomic mass is 16.7. The normalized spacial score (nSPS) is 20.7. The van der Waals surface area contributed by atoms with Gasteiger partial charge in [-0.05, 0) is 68.6 Å². The van der Waals surface area contributed by atoms with E-state index in [0.717, 1.165) is 48.3 Å². The first kappa shape index (κ1) is 29.2. The Bertz CT molecular complexity index is 933. The van der Waals surface area contributed by atoms with Crippen molar-refractivity contribution >= 4 is 17.5 Å². The van der Waals surface area contributed by atoms with Gasteiger partial charge in [0.1, 0.15) is 17.5 Å². The van der Waals surface area contributed by atoms with Crippen LogP contribution in [0.25, 0.3) is 0 Å². The van der Waals surface area contributed by atoms with E-state index in [9.17, 15) is 14.4 Å². The number of aryl methyl sites for hydroxylation is 3. The Balaban J connectivity index is 0.00000186. The maximum absolute atomic E-state index is 13.3. The molecule has 1 aromatic rings. The lowest BCUT2D eigenvalue weighted by Crippen LogP contribution is -2.48. The number of carbonyl (C=O) groups excluding carboxylic acids is 3. The topological polar surface area (TPSA) is 76.2 Å². The van der Waals surface area contributed by atoms with Crippen LogP contribution in [-0.4, -0.2) is 73.4 Å². The maximum atomic E-state index is 13.3. The number of amides is 1. The monoisotopic (exact) mass is 512 g/mol. The maximum Gasteiger partial charge on any atom is 0.223 e. The van der Waals surface area contributed by atoms with Crippen LogP contribution in [0.5, 0.6) is 0 Å². The van der Waals surface area contributed by atoms with E-state index in [4.69, 9.17) is 9.57 Å². The molecule has 2 saturated heterocycles. The number of benzene rings is 1. The van der Waals surface area contributed by atoms with Crippen LogP contribution in [0.2, 0.25) is 0 Å². The molecule has 0 aromatic heterocycles. The molecule has 3 aliphatic rings. The lowest BCUT2D eigenvalue weighted by atomic mass is 9.62. The number of hydroxylamine groups is 2. The molecule has 1 saturated carbocycles. The molecule has 1 aliphatic carbocycles. The lowest BCUT2D eigenvalue weighted by Gasteiger charge is -2.45. The molecule has 1 amide bonds. The SMILES string of the molecule is C=C.Cc1cc(C)c(C2C(=O)CC3(CCN(C(=O)CCN(C)OC4CCOCC4)CC3)CC2=O)c(C)c1. The minimum atomic E-state index is -0.632. The molecule has 0 N–H and O–H groups in total. The molecule has 4 rings (SSSR count). The minimum Gasteiger partial charge on any atom is -0.381 e. The number of rotatable bonds is 6. The Morgan fingerprint density at radius 2 is 1.59 bits per heavy atom. The zero-order valence-corrected chi connectivity index (χ0v) is 23.1. The third-order valence-electron chi connectivity index (χ3n) is 8.08. The quantitative estimate of drug-likeness (QED) is 0.318.